The van der Waals surface area contributed by atoms with E-state index in [4.69, 9.17) is 11.6 Å². The minimum absolute atomic E-state index is 0.0431. The van der Waals surface area contributed by atoms with E-state index in [0.29, 0.717) is 17.9 Å². The fourth-order valence-electron chi connectivity index (χ4n) is 2.07. The van der Waals surface area contributed by atoms with E-state index >= 15 is 0 Å². The van der Waals surface area contributed by atoms with Crippen LogP contribution in [0.25, 0.3) is 0 Å². The monoisotopic (exact) mass is 270 g/mol. The molecule has 0 radical (unpaired) electrons. The molecular weight excluding hydrogens is 258 g/mol. The SMILES string of the molecule is CC1CC=C(C(=O)c2c(Cl)ccc(F)c2F)CC1. The molecule has 0 aliphatic heterocycles. The first-order valence-electron chi connectivity index (χ1n) is 5.88. The summed E-state index contributed by atoms with van der Waals surface area (Å²) in [5.74, 6) is -2.18. The molecule has 0 heterocycles. The second-order valence-corrected chi connectivity index (χ2v) is 5.06. The lowest BCUT2D eigenvalue weighted by Gasteiger charge is -2.18. The Labute approximate surface area is 109 Å². The van der Waals surface area contributed by atoms with E-state index in [-0.39, 0.29) is 10.6 Å². The van der Waals surface area contributed by atoms with Crippen molar-refractivity contribution in [3.8, 4) is 0 Å². The van der Waals surface area contributed by atoms with Crippen molar-refractivity contribution in [2.75, 3.05) is 0 Å². The van der Waals surface area contributed by atoms with Crippen molar-refractivity contribution in [1.29, 1.82) is 0 Å². The molecule has 1 aliphatic carbocycles. The lowest BCUT2D eigenvalue weighted by atomic mass is 9.87. The summed E-state index contributed by atoms with van der Waals surface area (Å²) in [6.45, 7) is 2.09. The molecule has 18 heavy (non-hydrogen) atoms. The summed E-state index contributed by atoms with van der Waals surface area (Å²) < 4.78 is 26.8. The zero-order valence-electron chi connectivity index (χ0n) is 9.97. The summed E-state index contributed by atoms with van der Waals surface area (Å²) in [6, 6.07) is 2.13. The number of hydrogen-bond donors (Lipinski definition) is 0. The van der Waals surface area contributed by atoms with Gasteiger partial charge in [-0.25, -0.2) is 8.78 Å². The van der Waals surface area contributed by atoms with Crippen LogP contribution in [0.3, 0.4) is 0 Å². The first kappa shape index (κ1) is 13.2. The summed E-state index contributed by atoms with van der Waals surface area (Å²) in [5, 5.41) is -0.0431. The molecular formula is C14H13ClF2O. The summed E-state index contributed by atoms with van der Waals surface area (Å²) >= 11 is 5.79. The maximum Gasteiger partial charge on any atom is 0.193 e. The van der Waals surface area contributed by atoms with Gasteiger partial charge < -0.3 is 0 Å². The quantitative estimate of drug-likeness (QED) is 0.569. The molecule has 0 spiro atoms. The molecule has 0 amide bonds. The molecule has 0 fully saturated rings. The Hall–Kier alpha value is -1.22. The Morgan fingerprint density at radius 2 is 2.11 bits per heavy atom. The maximum atomic E-state index is 13.6. The highest BCUT2D eigenvalue weighted by Gasteiger charge is 2.24. The third-order valence-electron chi connectivity index (χ3n) is 3.24. The highest BCUT2D eigenvalue weighted by atomic mass is 35.5. The van der Waals surface area contributed by atoms with Crippen molar-refractivity contribution < 1.29 is 13.6 Å². The van der Waals surface area contributed by atoms with Crippen LogP contribution in [0.15, 0.2) is 23.8 Å². The molecule has 1 aromatic carbocycles. The Balaban J connectivity index is 2.38. The van der Waals surface area contributed by atoms with Crippen LogP contribution in [-0.2, 0) is 0 Å². The van der Waals surface area contributed by atoms with Gasteiger partial charge in [0, 0.05) is 0 Å². The molecule has 1 aliphatic rings. The van der Waals surface area contributed by atoms with Gasteiger partial charge in [0.1, 0.15) is 0 Å². The number of rotatable bonds is 2. The zero-order chi connectivity index (χ0) is 13.3. The minimum Gasteiger partial charge on any atom is -0.289 e. The number of allylic oxidation sites excluding steroid dienone is 2. The molecule has 0 N–H and O–H groups in total. The smallest absolute Gasteiger partial charge is 0.193 e. The highest BCUT2D eigenvalue weighted by Crippen LogP contribution is 2.29. The van der Waals surface area contributed by atoms with Gasteiger partial charge in [-0.1, -0.05) is 24.6 Å². The van der Waals surface area contributed by atoms with Crippen molar-refractivity contribution in [2.24, 2.45) is 5.92 Å². The Bertz CT molecular complexity index is 523. The van der Waals surface area contributed by atoms with Gasteiger partial charge in [-0.3, -0.25) is 4.79 Å². The lowest BCUT2D eigenvalue weighted by Crippen LogP contribution is -2.12. The van der Waals surface area contributed by atoms with E-state index in [1.165, 1.54) is 6.07 Å². The van der Waals surface area contributed by atoms with E-state index in [1.807, 2.05) is 0 Å². The van der Waals surface area contributed by atoms with E-state index in [9.17, 15) is 13.6 Å². The maximum absolute atomic E-state index is 13.6. The van der Waals surface area contributed by atoms with Crippen LogP contribution in [0.2, 0.25) is 5.02 Å². The molecule has 0 aromatic heterocycles. The molecule has 1 unspecified atom stereocenters. The number of hydrogen-bond acceptors (Lipinski definition) is 1. The number of carbonyl (C=O) groups excluding carboxylic acids is 1. The van der Waals surface area contributed by atoms with E-state index < -0.39 is 17.4 Å². The predicted molar refractivity (Wildman–Crippen MR) is 66.8 cm³/mol. The molecule has 1 aromatic rings. The fourth-order valence-corrected chi connectivity index (χ4v) is 2.30. The van der Waals surface area contributed by atoms with Gasteiger partial charge in [-0.15, -0.1) is 0 Å². The second kappa shape index (κ2) is 5.19. The van der Waals surface area contributed by atoms with E-state index in [1.54, 1.807) is 6.08 Å². The van der Waals surface area contributed by atoms with Crippen LogP contribution < -0.4 is 0 Å². The predicted octanol–water partition coefficient (Wildman–Crippen LogP) is 4.55. The van der Waals surface area contributed by atoms with Crippen molar-refractivity contribution in [2.45, 2.75) is 26.2 Å². The summed E-state index contributed by atoms with van der Waals surface area (Å²) in [5.41, 5.74) is 0.178. The Morgan fingerprint density at radius 3 is 2.72 bits per heavy atom. The molecule has 96 valence electrons. The Kier molecular flexibility index (Phi) is 3.81. The molecule has 4 heteroatoms. The van der Waals surface area contributed by atoms with Gasteiger partial charge in [-0.05, 0) is 42.9 Å². The average Bonchev–Trinajstić information content (AvgIpc) is 2.35. The van der Waals surface area contributed by atoms with Crippen LogP contribution in [-0.4, -0.2) is 5.78 Å². The first-order chi connectivity index (χ1) is 8.50. The molecule has 1 atom stereocenters. The average molecular weight is 271 g/mol. The minimum atomic E-state index is -1.16. The van der Waals surface area contributed by atoms with Crippen molar-refractivity contribution >= 4 is 17.4 Å². The number of benzene rings is 1. The van der Waals surface area contributed by atoms with Crippen LogP contribution in [0.1, 0.15) is 36.5 Å². The number of ketones is 1. The van der Waals surface area contributed by atoms with E-state index in [0.717, 1.165) is 18.9 Å². The van der Waals surface area contributed by atoms with Gasteiger partial charge in [0.25, 0.3) is 0 Å². The van der Waals surface area contributed by atoms with E-state index in [2.05, 4.69) is 6.92 Å². The summed E-state index contributed by atoms with van der Waals surface area (Å²) in [7, 11) is 0. The number of halogens is 3. The third kappa shape index (κ3) is 2.46. The zero-order valence-corrected chi connectivity index (χ0v) is 10.7. The third-order valence-corrected chi connectivity index (χ3v) is 3.55. The number of Topliss-reactive ketones (excluding diaryl/α,β-unsaturated/α-hetero) is 1. The van der Waals surface area contributed by atoms with Gasteiger partial charge >= 0.3 is 0 Å². The Morgan fingerprint density at radius 1 is 1.39 bits per heavy atom. The molecule has 2 rings (SSSR count). The van der Waals surface area contributed by atoms with Gasteiger partial charge in [0.15, 0.2) is 17.4 Å². The largest absolute Gasteiger partial charge is 0.289 e. The molecule has 0 saturated heterocycles. The second-order valence-electron chi connectivity index (χ2n) is 4.66. The van der Waals surface area contributed by atoms with Crippen molar-refractivity contribution in [3.05, 3.63) is 46.0 Å². The van der Waals surface area contributed by atoms with Crippen molar-refractivity contribution in [1.82, 2.24) is 0 Å². The lowest BCUT2D eigenvalue weighted by molar-refractivity contribution is 0.102. The molecule has 0 bridgehead atoms. The van der Waals surface area contributed by atoms with Crippen LogP contribution in [0.5, 0.6) is 0 Å². The molecule has 0 saturated carbocycles. The summed E-state index contributed by atoms with van der Waals surface area (Å²) in [6.07, 6.45) is 4.06. The van der Waals surface area contributed by atoms with Gasteiger partial charge in [0.2, 0.25) is 0 Å². The number of carbonyl (C=O) groups is 1. The van der Waals surface area contributed by atoms with Crippen LogP contribution >= 0.6 is 11.6 Å². The first-order valence-corrected chi connectivity index (χ1v) is 6.25. The van der Waals surface area contributed by atoms with Gasteiger partial charge in [0.05, 0.1) is 10.6 Å². The summed E-state index contributed by atoms with van der Waals surface area (Å²) in [4.78, 5) is 12.1. The van der Waals surface area contributed by atoms with Crippen molar-refractivity contribution in [3.63, 3.8) is 0 Å². The fraction of sp³-hybridized carbons (Fsp3) is 0.357. The van der Waals surface area contributed by atoms with Crippen LogP contribution in [0, 0.1) is 17.6 Å². The highest BCUT2D eigenvalue weighted by molar-refractivity contribution is 6.35. The normalized spacial score (nSPS) is 19.6. The topological polar surface area (TPSA) is 17.1 Å². The van der Waals surface area contributed by atoms with Gasteiger partial charge in [-0.2, -0.15) is 0 Å². The van der Waals surface area contributed by atoms with Crippen LogP contribution in [0.4, 0.5) is 8.78 Å². The molecule has 1 nitrogen and oxygen atoms in total. The standard InChI is InChI=1S/C14H13ClF2O/c1-8-2-4-9(5-3-8)14(18)12-10(15)6-7-11(16)13(12)17/h4,6-8H,2-3,5H2,1H3.